The monoisotopic (exact) mass is 304 g/mol. The summed E-state index contributed by atoms with van der Waals surface area (Å²) < 4.78 is 5.12. The van der Waals surface area contributed by atoms with Gasteiger partial charge in [-0.3, -0.25) is 4.90 Å². The van der Waals surface area contributed by atoms with Crippen molar-refractivity contribution in [2.45, 2.75) is 27.2 Å². The second kappa shape index (κ2) is 8.91. The van der Waals surface area contributed by atoms with Crippen LogP contribution < -0.4 is 0 Å². The molecule has 3 nitrogen and oxygen atoms in total. The van der Waals surface area contributed by atoms with E-state index >= 15 is 0 Å². The summed E-state index contributed by atoms with van der Waals surface area (Å²) in [5, 5.41) is 9.67. The number of rotatable bonds is 8. The SMILES string of the molecule is COCCN(CCC#N)CC(CBr)C(C)(C)C. The van der Waals surface area contributed by atoms with Gasteiger partial charge in [-0.15, -0.1) is 0 Å². The predicted molar refractivity (Wildman–Crippen MR) is 75.3 cm³/mol. The van der Waals surface area contributed by atoms with E-state index in [2.05, 4.69) is 47.7 Å². The van der Waals surface area contributed by atoms with Gasteiger partial charge in [0, 0.05) is 38.5 Å². The Labute approximate surface area is 114 Å². The Morgan fingerprint density at radius 1 is 1.35 bits per heavy atom. The molecule has 4 heteroatoms. The number of nitriles is 1. The lowest BCUT2D eigenvalue weighted by atomic mass is 9.82. The molecule has 1 atom stereocenters. The van der Waals surface area contributed by atoms with Crippen LogP contribution in [0.1, 0.15) is 27.2 Å². The van der Waals surface area contributed by atoms with E-state index in [4.69, 9.17) is 10.00 Å². The van der Waals surface area contributed by atoms with Gasteiger partial charge in [-0.1, -0.05) is 36.7 Å². The van der Waals surface area contributed by atoms with Crippen LogP contribution >= 0.6 is 15.9 Å². The number of hydrogen-bond donors (Lipinski definition) is 0. The molecule has 0 spiro atoms. The van der Waals surface area contributed by atoms with Crippen molar-refractivity contribution in [3.63, 3.8) is 0 Å². The molecule has 0 heterocycles. The summed E-state index contributed by atoms with van der Waals surface area (Å²) in [5.74, 6) is 0.582. The zero-order valence-electron chi connectivity index (χ0n) is 11.5. The van der Waals surface area contributed by atoms with Gasteiger partial charge in [0.15, 0.2) is 0 Å². The number of alkyl halides is 1. The average molecular weight is 305 g/mol. The van der Waals surface area contributed by atoms with Crippen LogP contribution in [0.4, 0.5) is 0 Å². The predicted octanol–water partition coefficient (Wildman–Crippen LogP) is 2.91. The van der Waals surface area contributed by atoms with Crippen molar-refractivity contribution < 1.29 is 4.74 Å². The van der Waals surface area contributed by atoms with E-state index in [0.29, 0.717) is 12.3 Å². The maximum atomic E-state index is 8.67. The minimum atomic E-state index is 0.279. The molecule has 0 saturated carbocycles. The molecule has 0 aromatic carbocycles. The number of halogens is 1. The number of nitrogens with zero attached hydrogens (tertiary/aromatic N) is 2. The maximum Gasteiger partial charge on any atom is 0.0635 e. The largest absolute Gasteiger partial charge is 0.383 e. The van der Waals surface area contributed by atoms with Crippen LogP contribution in [0.25, 0.3) is 0 Å². The van der Waals surface area contributed by atoms with Crippen molar-refractivity contribution in [2.75, 3.05) is 38.7 Å². The summed E-state index contributed by atoms with van der Waals surface area (Å²) in [5.41, 5.74) is 0.279. The Bertz CT molecular complexity index is 233. The Balaban J connectivity index is 4.32. The van der Waals surface area contributed by atoms with E-state index in [1.165, 1.54) is 0 Å². The van der Waals surface area contributed by atoms with Crippen LogP contribution in [0.2, 0.25) is 0 Å². The molecule has 0 saturated heterocycles. The van der Waals surface area contributed by atoms with Gasteiger partial charge in [0.25, 0.3) is 0 Å². The number of ether oxygens (including phenoxy) is 1. The zero-order chi connectivity index (χ0) is 13.3. The third kappa shape index (κ3) is 7.75. The van der Waals surface area contributed by atoms with Gasteiger partial charge in [-0.25, -0.2) is 0 Å². The molecule has 0 bridgehead atoms. The zero-order valence-corrected chi connectivity index (χ0v) is 13.1. The Morgan fingerprint density at radius 3 is 2.41 bits per heavy atom. The maximum absolute atomic E-state index is 8.67. The summed E-state index contributed by atoms with van der Waals surface area (Å²) in [6.07, 6.45) is 0.586. The van der Waals surface area contributed by atoms with Gasteiger partial charge in [-0.2, -0.15) is 5.26 Å². The fraction of sp³-hybridized carbons (Fsp3) is 0.923. The smallest absolute Gasteiger partial charge is 0.0635 e. The minimum Gasteiger partial charge on any atom is -0.383 e. The Hall–Kier alpha value is -0.110. The third-order valence-electron chi connectivity index (χ3n) is 3.04. The fourth-order valence-electron chi connectivity index (χ4n) is 1.59. The van der Waals surface area contributed by atoms with Crippen molar-refractivity contribution in [1.29, 1.82) is 5.26 Å². The highest BCUT2D eigenvalue weighted by Crippen LogP contribution is 2.28. The lowest BCUT2D eigenvalue weighted by Gasteiger charge is -2.34. The van der Waals surface area contributed by atoms with Gasteiger partial charge in [0.05, 0.1) is 12.7 Å². The second-order valence-corrected chi connectivity index (χ2v) is 6.07. The highest BCUT2D eigenvalue weighted by molar-refractivity contribution is 9.09. The fourth-order valence-corrected chi connectivity index (χ4v) is 2.76. The van der Waals surface area contributed by atoms with Gasteiger partial charge in [0.2, 0.25) is 0 Å². The van der Waals surface area contributed by atoms with Crippen molar-refractivity contribution >= 4 is 15.9 Å². The standard InChI is InChI=1S/C13H25BrN2O/c1-13(2,3)12(10-14)11-16(7-5-6-15)8-9-17-4/h12H,5,7-11H2,1-4H3. The molecule has 0 N–H and O–H groups in total. The molecule has 0 aromatic heterocycles. The van der Waals surface area contributed by atoms with Crippen molar-refractivity contribution in [3.05, 3.63) is 0 Å². The molecule has 0 radical (unpaired) electrons. The first-order valence-electron chi connectivity index (χ1n) is 6.10. The van der Waals surface area contributed by atoms with E-state index in [-0.39, 0.29) is 5.41 Å². The number of hydrogen-bond acceptors (Lipinski definition) is 3. The molecule has 0 rings (SSSR count). The average Bonchev–Trinajstić information content (AvgIpc) is 2.26. The Morgan fingerprint density at radius 2 is 2.00 bits per heavy atom. The summed E-state index contributed by atoms with van der Waals surface area (Å²) in [7, 11) is 1.72. The molecule has 1 unspecified atom stereocenters. The van der Waals surface area contributed by atoms with Crippen LogP contribution in [-0.2, 0) is 4.74 Å². The van der Waals surface area contributed by atoms with Crippen LogP contribution in [0.5, 0.6) is 0 Å². The molecule has 0 aromatic rings. The minimum absolute atomic E-state index is 0.279. The molecule has 0 aliphatic rings. The van der Waals surface area contributed by atoms with Crippen molar-refractivity contribution in [3.8, 4) is 6.07 Å². The van der Waals surface area contributed by atoms with Crippen LogP contribution in [-0.4, -0.2) is 43.6 Å². The summed E-state index contributed by atoms with van der Waals surface area (Å²) >= 11 is 3.59. The quantitative estimate of drug-likeness (QED) is 0.647. The van der Waals surface area contributed by atoms with E-state index in [1.54, 1.807) is 7.11 Å². The molecular weight excluding hydrogens is 280 g/mol. The van der Waals surface area contributed by atoms with Gasteiger partial charge < -0.3 is 4.74 Å². The summed E-state index contributed by atoms with van der Waals surface area (Å²) in [6, 6.07) is 2.21. The summed E-state index contributed by atoms with van der Waals surface area (Å²) in [6.45, 7) is 10.3. The molecule has 17 heavy (non-hydrogen) atoms. The normalized spacial score (nSPS) is 13.7. The van der Waals surface area contributed by atoms with Gasteiger partial charge in [-0.05, 0) is 11.3 Å². The second-order valence-electron chi connectivity index (χ2n) is 5.42. The molecule has 0 aliphatic carbocycles. The van der Waals surface area contributed by atoms with E-state index in [9.17, 15) is 0 Å². The van der Waals surface area contributed by atoms with Gasteiger partial charge >= 0.3 is 0 Å². The number of methoxy groups -OCH3 is 1. The Kier molecular flexibility index (Phi) is 8.85. The van der Waals surface area contributed by atoms with E-state index in [1.807, 2.05) is 0 Å². The van der Waals surface area contributed by atoms with E-state index < -0.39 is 0 Å². The lowest BCUT2D eigenvalue weighted by Crippen LogP contribution is -2.38. The third-order valence-corrected chi connectivity index (χ3v) is 3.82. The molecule has 0 amide bonds. The molecular formula is C13H25BrN2O. The van der Waals surface area contributed by atoms with Crippen LogP contribution in [0.3, 0.4) is 0 Å². The van der Waals surface area contributed by atoms with Crippen molar-refractivity contribution in [1.82, 2.24) is 4.90 Å². The van der Waals surface area contributed by atoms with Crippen LogP contribution in [0, 0.1) is 22.7 Å². The summed E-state index contributed by atoms with van der Waals surface area (Å²) in [4.78, 5) is 2.32. The van der Waals surface area contributed by atoms with Crippen molar-refractivity contribution in [2.24, 2.45) is 11.3 Å². The molecule has 0 fully saturated rings. The lowest BCUT2D eigenvalue weighted by molar-refractivity contribution is 0.118. The van der Waals surface area contributed by atoms with Gasteiger partial charge in [0.1, 0.15) is 0 Å². The first kappa shape index (κ1) is 16.9. The highest BCUT2D eigenvalue weighted by atomic mass is 79.9. The molecule has 100 valence electrons. The van der Waals surface area contributed by atoms with Crippen LogP contribution in [0.15, 0.2) is 0 Å². The first-order chi connectivity index (χ1) is 7.95. The van der Waals surface area contributed by atoms with E-state index in [0.717, 1.165) is 31.6 Å². The highest BCUT2D eigenvalue weighted by Gasteiger charge is 2.25. The first-order valence-corrected chi connectivity index (χ1v) is 7.22. The molecule has 0 aliphatic heterocycles. The topological polar surface area (TPSA) is 36.3 Å².